The molecule has 1 fully saturated rings. The number of β-lactam (4-membered cyclic amide) rings is 1. The largest absolute Gasteiger partial charge is 0.426 e. The Kier molecular flexibility index (Phi) is 8.11. The molecule has 2 aliphatic heterocycles. The van der Waals surface area contributed by atoms with E-state index in [0.29, 0.717) is 11.3 Å². The number of nitrogens with two attached hydrogens (primary N) is 1. The molecule has 2 aliphatic rings. The fourth-order valence-electron chi connectivity index (χ4n) is 3.32. The van der Waals surface area contributed by atoms with Crippen LogP contribution in [0.2, 0.25) is 0 Å². The molecule has 1 saturated heterocycles. The molecule has 2 unspecified atom stereocenters. The van der Waals surface area contributed by atoms with E-state index in [2.05, 4.69) is 15.5 Å². The number of carbonyl (C=O) groups is 4. The number of thiazole rings is 1. The number of oxime groups is 1. The molecule has 3 N–H and O–H groups in total. The number of methoxy groups -OCH3 is 1. The normalized spacial score (nSPS) is 20.8. The van der Waals surface area contributed by atoms with E-state index < -0.39 is 41.5 Å². The lowest BCUT2D eigenvalue weighted by Crippen LogP contribution is -2.71. The van der Waals surface area contributed by atoms with Gasteiger partial charge in [-0.3, -0.25) is 19.3 Å². The maximum absolute atomic E-state index is 13.0. The Balaban J connectivity index is 1.78. The molecule has 3 heterocycles. The van der Waals surface area contributed by atoms with Crippen LogP contribution in [0.15, 0.2) is 21.8 Å². The average molecular weight is 514 g/mol. The van der Waals surface area contributed by atoms with Crippen LogP contribution in [0.3, 0.4) is 0 Å². The number of aromatic nitrogens is 1. The summed E-state index contributed by atoms with van der Waals surface area (Å²) in [5.74, 6) is -2.33. The van der Waals surface area contributed by atoms with Crippen molar-refractivity contribution < 1.29 is 38.2 Å². The van der Waals surface area contributed by atoms with E-state index in [1.165, 1.54) is 50.1 Å². The highest BCUT2D eigenvalue weighted by Crippen LogP contribution is 2.40. The minimum atomic E-state index is -1.15. The molecule has 1 aromatic rings. The van der Waals surface area contributed by atoms with Gasteiger partial charge in [-0.05, 0) is 5.57 Å². The molecule has 2 amide bonds. The molecule has 3 atom stereocenters. The highest BCUT2D eigenvalue weighted by molar-refractivity contribution is 8.00. The summed E-state index contributed by atoms with van der Waals surface area (Å²) in [6.07, 6.45) is -1.15. The van der Waals surface area contributed by atoms with Crippen LogP contribution in [0.25, 0.3) is 0 Å². The number of hydrogen-bond acceptors (Lipinski definition) is 13. The number of nitrogens with zero attached hydrogens (tertiary/aromatic N) is 3. The summed E-state index contributed by atoms with van der Waals surface area (Å²) in [4.78, 5) is 59.8. The molecule has 0 spiro atoms. The summed E-state index contributed by atoms with van der Waals surface area (Å²) in [6, 6.07) is -0.937. The zero-order valence-corrected chi connectivity index (χ0v) is 20.4. The van der Waals surface area contributed by atoms with Gasteiger partial charge in [0.05, 0.1) is 6.61 Å². The lowest BCUT2D eigenvalue weighted by Gasteiger charge is -2.49. The Morgan fingerprint density at radius 2 is 2.09 bits per heavy atom. The van der Waals surface area contributed by atoms with E-state index in [0.717, 1.165) is 11.3 Å². The Labute approximate surface area is 202 Å². The lowest BCUT2D eigenvalue weighted by atomic mass is 10.0. The fourth-order valence-corrected chi connectivity index (χ4v) is 5.20. The van der Waals surface area contributed by atoms with Crippen molar-refractivity contribution in [2.45, 2.75) is 31.6 Å². The van der Waals surface area contributed by atoms with Crippen LogP contribution in [0, 0.1) is 0 Å². The van der Waals surface area contributed by atoms with Crippen molar-refractivity contribution >= 4 is 57.7 Å². The van der Waals surface area contributed by atoms with Crippen molar-refractivity contribution in [3.8, 4) is 0 Å². The summed E-state index contributed by atoms with van der Waals surface area (Å²) >= 11 is 2.47. The second-order valence-corrected chi connectivity index (χ2v) is 9.02. The monoisotopic (exact) mass is 513 g/mol. The number of anilines is 1. The van der Waals surface area contributed by atoms with E-state index >= 15 is 0 Å². The Bertz CT molecular complexity index is 1060. The zero-order valence-electron chi connectivity index (χ0n) is 18.7. The molecular weight excluding hydrogens is 490 g/mol. The van der Waals surface area contributed by atoms with Crippen molar-refractivity contribution in [1.29, 1.82) is 0 Å². The van der Waals surface area contributed by atoms with Crippen LogP contribution in [0.5, 0.6) is 0 Å². The molecule has 13 nitrogen and oxygen atoms in total. The number of esters is 2. The quantitative estimate of drug-likeness (QED) is 0.148. The van der Waals surface area contributed by atoms with Crippen LogP contribution < -0.4 is 11.1 Å². The molecule has 0 aromatic carbocycles. The predicted octanol–water partition coefficient (Wildman–Crippen LogP) is -0.171. The molecule has 0 saturated carbocycles. The first-order valence-electron chi connectivity index (χ1n) is 9.85. The van der Waals surface area contributed by atoms with Crippen molar-refractivity contribution in [3.63, 3.8) is 0 Å². The third-order valence-corrected chi connectivity index (χ3v) is 6.63. The van der Waals surface area contributed by atoms with Crippen molar-refractivity contribution in [3.05, 3.63) is 22.3 Å². The number of nitrogen functional groups attached to an aromatic ring is 1. The number of carbonyl (C=O) groups excluding carboxylic acids is 4. The first kappa shape index (κ1) is 25.5. The van der Waals surface area contributed by atoms with Gasteiger partial charge in [-0.1, -0.05) is 5.16 Å². The standard InChI is InChI=1S/C19H23N5O8S2/c1-8(25)31-9(2)32-18(28)14-10(5-29-3)6-33-17-13(16(27)24(14)17)22-15(26)12(23-30-4)11-7-34-19(20)21-11/h7,9,13,17H,5-6H2,1-4H3,(H2,20,21)(H,22,26)/b23-12-/t9?,13?,17-/m1/s1. The maximum atomic E-state index is 13.0. The van der Waals surface area contributed by atoms with Gasteiger partial charge in [0.2, 0.25) is 6.29 Å². The van der Waals surface area contributed by atoms with Crippen LogP contribution in [-0.2, 0) is 38.2 Å². The number of thioether (sulfide) groups is 1. The second kappa shape index (κ2) is 10.8. The summed E-state index contributed by atoms with van der Waals surface area (Å²) in [7, 11) is 2.73. The molecule has 184 valence electrons. The molecule has 0 aliphatic carbocycles. The van der Waals surface area contributed by atoms with Gasteiger partial charge in [-0.25, -0.2) is 9.78 Å². The van der Waals surface area contributed by atoms with E-state index in [1.54, 1.807) is 0 Å². The number of nitrogens with one attached hydrogen (secondary N) is 1. The molecule has 15 heteroatoms. The average Bonchev–Trinajstić information content (AvgIpc) is 3.20. The number of hydrogen-bond donors (Lipinski definition) is 2. The molecule has 3 rings (SSSR count). The molecule has 1 aromatic heterocycles. The summed E-state index contributed by atoms with van der Waals surface area (Å²) in [6.45, 7) is 2.65. The fraction of sp³-hybridized carbons (Fsp3) is 0.474. The van der Waals surface area contributed by atoms with E-state index in [4.69, 9.17) is 24.8 Å². The maximum Gasteiger partial charge on any atom is 0.358 e. The van der Waals surface area contributed by atoms with Crippen LogP contribution >= 0.6 is 23.1 Å². The number of rotatable bonds is 9. The zero-order chi connectivity index (χ0) is 25.0. The minimum Gasteiger partial charge on any atom is -0.426 e. The summed E-state index contributed by atoms with van der Waals surface area (Å²) in [5, 5.41) is 7.52. The van der Waals surface area contributed by atoms with Crippen molar-refractivity contribution in [1.82, 2.24) is 15.2 Å². The van der Waals surface area contributed by atoms with E-state index in [1.807, 2.05) is 0 Å². The second-order valence-electron chi connectivity index (χ2n) is 7.02. The Morgan fingerprint density at radius 1 is 1.35 bits per heavy atom. The Hall–Kier alpha value is -3.17. The smallest absolute Gasteiger partial charge is 0.358 e. The highest BCUT2D eigenvalue weighted by atomic mass is 32.2. The molecular formula is C19H23N5O8S2. The van der Waals surface area contributed by atoms with Gasteiger partial charge in [0.25, 0.3) is 11.8 Å². The van der Waals surface area contributed by atoms with Crippen LogP contribution in [0.4, 0.5) is 5.13 Å². The third-order valence-electron chi connectivity index (χ3n) is 4.61. The van der Waals surface area contributed by atoms with Gasteiger partial charge in [-0.2, -0.15) is 0 Å². The van der Waals surface area contributed by atoms with Crippen LogP contribution in [-0.4, -0.2) is 83.6 Å². The lowest BCUT2D eigenvalue weighted by molar-refractivity contribution is -0.182. The number of fused-ring (bicyclic) bond motifs is 1. The van der Waals surface area contributed by atoms with Gasteiger partial charge in [-0.15, -0.1) is 23.1 Å². The highest BCUT2D eigenvalue weighted by Gasteiger charge is 2.55. The van der Waals surface area contributed by atoms with Crippen molar-refractivity contribution in [2.24, 2.45) is 5.16 Å². The van der Waals surface area contributed by atoms with Gasteiger partial charge < -0.3 is 30.1 Å². The van der Waals surface area contributed by atoms with Gasteiger partial charge in [0.1, 0.15) is 29.9 Å². The number of ether oxygens (including phenoxy) is 3. The number of amides is 2. The molecule has 0 bridgehead atoms. The van der Waals surface area contributed by atoms with E-state index in [-0.39, 0.29) is 28.8 Å². The summed E-state index contributed by atoms with van der Waals surface area (Å²) in [5.41, 5.74) is 6.22. The van der Waals surface area contributed by atoms with Crippen LogP contribution in [0.1, 0.15) is 19.5 Å². The van der Waals surface area contributed by atoms with Gasteiger partial charge in [0, 0.05) is 32.1 Å². The first-order valence-corrected chi connectivity index (χ1v) is 11.8. The van der Waals surface area contributed by atoms with E-state index in [9.17, 15) is 19.2 Å². The molecule has 34 heavy (non-hydrogen) atoms. The SMILES string of the molecule is COCC1=C(C(=O)OC(C)OC(C)=O)N2C(=O)C(NC(=O)/C(=N\OC)c3csc(N)n3)[C@H]2SC1. The first-order chi connectivity index (χ1) is 16.2. The van der Waals surface area contributed by atoms with Crippen molar-refractivity contribution in [2.75, 3.05) is 32.3 Å². The topological polar surface area (TPSA) is 172 Å². The Morgan fingerprint density at radius 3 is 2.68 bits per heavy atom. The third kappa shape index (κ3) is 5.31. The van der Waals surface area contributed by atoms with Gasteiger partial charge >= 0.3 is 11.9 Å². The predicted molar refractivity (Wildman–Crippen MR) is 121 cm³/mol. The molecule has 0 radical (unpaired) electrons. The summed E-state index contributed by atoms with van der Waals surface area (Å²) < 4.78 is 15.2. The van der Waals surface area contributed by atoms with Gasteiger partial charge in [0.15, 0.2) is 10.8 Å². The minimum absolute atomic E-state index is 0.00171.